The molecule has 1 N–H and O–H groups in total. The molecule has 0 heterocycles. The smallest absolute Gasteiger partial charge is 0.265 e. The fourth-order valence-electron chi connectivity index (χ4n) is 2.34. The lowest BCUT2D eigenvalue weighted by Gasteiger charge is -2.18. The van der Waals surface area contributed by atoms with Gasteiger partial charge in [0.15, 0.2) is 6.10 Å². The van der Waals surface area contributed by atoms with Gasteiger partial charge >= 0.3 is 0 Å². The summed E-state index contributed by atoms with van der Waals surface area (Å²) >= 11 is 0. The van der Waals surface area contributed by atoms with E-state index in [4.69, 9.17) is 4.74 Å². The van der Waals surface area contributed by atoms with Crippen molar-refractivity contribution in [2.45, 2.75) is 39.7 Å². The van der Waals surface area contributed by atoms with Crippen molar-refractivity contribution in [3.05, 3.63) is 59.7 Å². The van der Waals surface area contributed by atoms with E-state index < -0.39 is 6.10 Å². The number of para-hydroxylation sites is 2. The zero-order valence-corrected chi connectivity index (χ0v) is 13.4. The molecule has 0 aliphatic heterocycles. The van der Waals surface area contributed by atoms with E-state index in [0.717, 1.165) is 35.4 Å². The Morgan fingerprint density at radius 2 is 1.59 bits per heavy atom. The van der Waals surface area contributed by atoms with Crippen LogP contribution >= 0.6 is 0 Å². The topological polar surface area (TPSA) is 38.3 Å². The number of aryl methyl sites for hydroxylation is 2. The minimum Gasteiger partial charge on any atom is -0.481 e. The number of hydrogen-bond acceptors (Lipinski definition) is 2. The second-order valence-electron chi connectivity index (χ2n) is 5.22. The van der Waals surface area contributed by atoms with Crippen LogP contribution in [0.2, 0.25) is 0 Å². The highest BCUT2D eigenvalue weighted by Gasteiger charge is 2.17. The molecule has 116 valence electrons. The van der Waals surface area contributed by atoms with E-state index in [0.29, 0.717) is 0 Å². The molecule has 2 aromatic rings. The van der Waals surface area contributed by atoms with Crippen molar-refractivity contribution in [2.24, 2.45) is 0 Å². The summed E-state index contributed by atoms with van der Waals surface area (Å²) < 4.78 is 5.83. The Morgan fingerprint density at radius 3 is 2.27 bits per heavy atom. The molecule has 1 amide bonds. The summed E-state index contributed by atoms with van der Waals surface area (Å²) in [4.78, 5) is 12.3. The molecular formula is C19H23NO2. The third-order valence-electron chi connectivity index (χ3n) is 3.68. The van der Waals surface area contributed by atoms with E-state index in [-0.39, 0.29) is 5.91 Å². The van der Waals surface area contributed by atoms with Gasteiger partial charge in [0.05, 0.1) is 0 Å². The Balaban J connectivity index is 2.06. The zero-order chi connectivity index (χ0) is 15.9. The van der Waals surface area contributed by atoms with Gasteiger partial charge in [-0.2, -0.15) is 0 Å². The molecule has 0 aromatic heterocycles. The predicted octanol–water partition coefficient (Wildman–Crippen LogP) is 4.22. The first-order valence-electron chi connectivity index (χ1n) is 7.79. The average molecular weight is 297 g/mol. The third kappa shape index (κ3) is 3.88. The summed E-state index contributed by atoms with van der Waals surface area (Å²) in [6, 6.07) is 15.7. The molecular weight excluding hydrogens is 274 g/mol. The standard InChI is InChI=1S/C19H23NO2/c1-4-15-10-6-8-12-17(15)20-19(21)14(3)22-18-13-9-7-11-16(18)5-2/h6-14H,4-5H2,1-3H3,(H,20,21)/t14-/m1/s1. The minimum absolute atomic E-state index is 0.133. The Bertz CT molecular complexity index is 637. The Morgan fingerprint density at radius 1 is 1.00 bits per heavy atom. The molecule has 0 aliphatic rings. The Kier molecular flexibility index (Phi) is 5.59. The van der Waals surface area contributed by atoms with Crippen LogP contribution in [-0.4, -0.2) is 12.0 Å². The molecule has 0 saturated carbocycles. The summed E-state index contributed by atoms with van der Waals surface area (Å²) in [6.07, 6.45) is 1.21. The van der Waals surface area contributed by atoms with Crippen molar-refractivity contribution in [3.63, 3.8) is 0 Å². The van der Waals surface area contributed by atoms with Gasteiger partial charge in [0.1, 0.15) is 5.75 Å². The Hall–Kier alpha value is -2.29. The van der Waals surface area contributed by atoms with Gasteiger partial charge in [0.25, 0.3) is 5.91 Å². The van der Waals surface area contributed by atoms with Gasteiger partial charge in [-0.25, -0.2) is 0 Å². The van der Waals surface area contributed by atoms with E-state index in [1.807, 2.05) is 48.5 Å². The second kappa shape index (κ2) is 7.64. The zero-order valence-electron chi connectivity index (χ0n) is 13.4. The molecule has 1 atom stereocenters. The second-order valence-corrected chi connectivity index (χ2v) is 5.22. The molecule has 2 aromatic carbocycles. The molecule has 0 aliphatic carbocycles. The summed E-state index contributed by atoms with van der Waals surface area (Å²) in [5.41, 5.74) is 3.09. The summed E-state index contributed by atoms with van der Waals surface area (Å²) in [6.45, 7) is 5.92. The predicted molar refractivity (Wildman–Crippen MR) is 90.4 cm³/mol. The highest BCUT2D eigenvalue weighted by molar-refractivity contribution is 5.94. The highest BCUT2D eigenvalue weighted by Crippen LogP contribution is 2.21. The van der Waals surface area contributed by atoms with E-state index >= 15 is 0 Å². The maximum atomic E-state index is 12.3. The van der Waals surface area contributed by atoms with E-state index in [1.165, 1.54) is 0 Å². The third-order valence-corrected chi connectivity index (χ3v) is 3.68. The normalized spacial score (nSPS) is 11.8. The molecule has 2 rings (SSSR count). The lowest BCUT2D eigenvalue weighted by atomic mass is 10.1. The van der Waals surface area contributed by atoms with Crippen LogP contribution in [0.5, 0.6) is 5.75 Å². The van der Waals surface area contributed by atoms with E-state index in [2.05, 4.69) is 19.2 Å². The van der Waals surface area contributed by atoms with Crippen molar-refractivity contribution >= 4 is 11.6 Å². The largest absolute Gasteiger partial charge is 0.481 e. The number of carbonyl (C=O) groups excluding carboxylic acids is 1. The lowest BCUT2D eigenvalue weighted by molar-refractivity contribution is -0.122. The number of anilines is 1. The van der Waals surface area contributed by atoms with Crippen molar-refractivity contribution < 1.29 is 9.53 Å². The number of amides is 1. The van der Waals surface area contributed by atoms with Gasteiger partial charge < -0.3 is 10.1 Å². The van der Waals surface area contributed by atoms with Crippen LogP contribution in [0.15, 0.2) is 48.5 Å². The lowest BCUT2D eigenvalue weighted by Crippen LogP contribution is -2.30. The minimum atomic E-state index is -0.544. The first kappa shape index (κ1) is 16.1. The summed E-state index contributed by atoms with van der Waals surface area (Å²) in [7, 11) is 0. The SMILES string of the molecule is CCc1ccccc1NC(=O)[C@@H](C)Oc1ccccc1CC. The van der Waals surface area contributed by atoms with Crippen LogP contribution in [0.1, 0.15) is 31.9 Å². The van der Waals surface area contributed by atoms with Gasteiger partial charge in [-0.1, -0.05) is 50.2 Å². The number of benzene rings is 2. The monoisotopic (exact) mass is 297 g/mol. The maximum Gasteiger partial charge on any atom is 0.265 e. The van der Waals surface area contributed by atoms with Gasteiger partial charge in [-0.15, -0.1) is 0 Å². The fourth-order valence-corrected chi connectivity index (χ4v) is 2.34. The van der Waals surface area contributed by atoms with E-state index in [1.54, 1.807) is 6.92 Å². The highest BCUT2D eigenvalue weighted by atomic mass is 16.5. The number of ether oxygens (including phenoxy) is 1. The number of hydrogen-bond donors (Lipinski definition) is 1. The van der Waals surface area contributed by atoms with Crippen LogP contribution < -0.4 is 10.1 Å². The van der Waals surface area contributed by atoms with Crippen LogP contribution in [-0.2, 0) is 17.6 Å². The molecule has 0 saturated heterocycles. The number of nitrogens with one attached hydrogen (secondary N) is 1. The molecule has 0 spiro atoms. The Labute approximate surface area is 132 Å². The van der Waals surface area contributed by atoms with Crippen molar-refractivity contribution in [1.82, 2.24) is 0 Å². The van der Waals surface area contributed by atoms with Gasteiger partial charge in [0, 0.05) is 5.69 Å². The number of carbonyl (C=O) groups is 1. The summed E-state index contributed by atoms with van der Waals surface area (Å²) in [5.74, 6) is 0.642. The molecule has 0 fully saturated rings. The van der Waals surface area contributed by atoms with Crippen molar-refractivity contribution in [3.8, 4) is 5.75 Å². The molecule has 3 nitrogen and oxygen atoms in total. The van der Waals surface area contributed by atoms with Crippen molar-refractivity contribution in [1.29, 1.82) is 0 Å². The number of rotatable bonds is 6. The van der Waals surface area contributed by atoms with Gasteiger partial charge in [-0.05, 0) is 43.0 Å². The fraction of sp³-hybridized carbons (Fsp3) is 0.316. The van der Waals surface area contributed by atoms with E-state index in [9.17, 15) is 4.79 Å². The van der Waals surface area contributed by atoms with Gasteiger partial charge in [0.2, 0.25) is 0 Å². The van der Waals surface area contributed by atoms with Crippen LogP contribution in [0.25, 0.3) is 0 Å². The summed E-state index contributed by atoms with van der Waals surface area (Å²) in [5, 5.41) is 2.96. The first-order valence-corrected chi connectivity index (χ1v) is 7.79. The maximum absolute atomic E-state index is 12.3. The van der Waals surface area contributed by atoms with Crippen molar-refractivity contribution in [2.75, 3.05) is 5.32 Å². The van der Waals surface area contributed by atoms with Crippen LogP contribution in [0.4, 0.5) is 5.69 Å². The first-order chi connectivity index (χ1) is 10.7. The molecule has 0 unspecified atom stereocenters. The molecule has 0 bridgehead atoms. The van der Waals surface area contributed by atoms with Crippen LogP contribution in [0, 0.1) is 0 Å². The van der Waals surface area contributed by atoms with Gasteiger partial charge in [-0.3, -0.25) is 4.79 Å². The average Bonchev–Trinajstić information content (AvgIpc) is 2.55. The molecule has 22 heavy (non-hydrogen) atoms. The quantitative estimate of drug-likeness (QED) is 0.867. The van der Waals surface area contributed by atoms with Crippen LogP contribution in [0.3, 0.4) is 0 Å². The molecule has 3 heteroatoms. The molecule has 0 radical (unpaired) electrons.